The fourth-order valence-electron chi connectivity index (χ4n) is 2.77. The molecule has 1 N–H and O–H groups in total. The first-order valence-corrected chi connectivity index (χ1v) is 7.32. The highest BCUT2D eigenvalue weighted by Gasteiger charge is 2.43. The molecule has 0 spiro atoms. The van der Waals surface area contributed by atoms with Crippen molar-refractivity contribution in [1.82, 2.24) is 4.90 Å². The summed E-state index contributed by atoms with van der Waals surface area (Å²) < 4.78 is 0. The molecule has 1 saturated heterocycles. The van der Waals surface area contributed by atoms with Gasteiger partial charge in [-0.15, -0.1) is 0 Å². The van der Waals surface area contributed by atoms with Crippen molar-refractivity contribution in [3.63, 3.8) is 0 Å². The summed E-state index contributed by atoms with van der Waals surface area (Å²) in [5.41, 5.74) is -0.310. The molecule has 1 aliphatic heterocycles. The number of aliphatic carboxylic acids is 1. The molecule has 96 valence electrons. The van der Waals surface area contributed by atoms with Gasteiger partial charge in [0.15, 0.2) is 0 Å². The van der Waals surface area contributed by atoms with Gasteiger partial charge in [-0.1, -0.05) is 19.8 Å². The Labute approximate surface area is 106 Å². The molecule has 2 rings (SSSR count). The first kappa shape index (κ1) is 12.7. The number of carbonyl (C=O) groups is 2. The molecular formula is C12H19NO3S. The van der Waals surface area contributed by atoms with Gasteiger partial charge in [0.05, 0.1) is 0 Å². The van der Waals surface area contributed by atoms with E-state index in [0.29, 0.717) is 12.3 Å². The van der Waals surface area contributed by atoms with Gasteiger partial charge < -0.3 is 10.0 Å². The highest BCUT2D eigenvalue weighted by molar-refractivity contribution is 7.99. The van der Waals surface area contributed by atoms with Gasteiger partial charge in [-0.05, 0) is 12.8 Å². The van der Waals surface area contributed by atoms with Crippen molar-refractivity contribution in [2.24, 2.45) is 5.41 Å². The Hall–Kier alpha value is -0.710. The number of nitrogens with zero attached hydrogens (tertiary/aromatic N) is 1. The second-order valence-corrected chi connectivity index (χ2v) is 6.35. The van der Waals surface area contributed by atoms with Crippen molar-refractivity contribution in [3.05, 3.63) is 0 Å². The Kier molecular flexibility index (Phi) is 3.66. The van der Waals surface area contributed by atoms with Crippen LogP contribution in [-0.2, 0) is 9.59 Å². The van der Waals surface area contributed by atoms with E-state index in [1.165, 1.54) is 0 Å². The summed E-state index contributed by atoms with van der Waals surface area (Å²) in [7, 11) is 0. The smallest absolute Gasteiger partial charge is 0.327 e. The van der Waals surface area contributed by atoms with Crippen molar-refractivity contribution >= 4 is 23.6 Å². The number of hydrogen-bond donors (Lipinski definition) is 1. The number of rotatable bonds is 2. The van der Waals surface area contributed by atoms with E-state index in [-0.39, 0.29) is 11.3 Å². The molecule has 2 fully saturated rings. The first-order valence-electron chi connectivity index (χ1n) is 6.16. The number of carboxylic acids is 1. The van der Waals surface area contributed by atoms with Crippen LogP contribution in [-0.4, -0.2) is 46.0 Å². The Morgan fingerprint density at radius 2 is 2.00 bits per heavy atom. The molecule has 0 aromatic carbocycles. The monoisotopic (exact) mass is 257 g/mol. The molecular weight excluding hydrogens is 238 g/mol. The van der Waals surface area contributed by atoms with Gasteiger partial charge in [0.2, 0.25) is 5.91 Å². The Bertz CT molecular complexity index is 326. The molecule has 1 aliphatic carbocycles. The zero-order valence-corrected chi connectivity index (χ0v) is 11.0. The van der Waals surface area contributed by atoms with E-state index in [4.69, 9.17) is 0 Å². The summed E-state index contributed by atoms with van der Waals surface area (Å²) in [5.74, 6) is 0.567. The highest BCUT2D eigenvalue weighted by Crippen LogP contribution is 2.40. The zero-order valence-electron chi connectivity index (χ0n) is 10.1. The third-order valence-corrected chi connectivity index (χ3v) is 4.92. The molecule has 2 aliphatic rings. The molecule has 1 saturated carbocycles. The maximum absolute atomic E-state index is 12.5. The number of carboxylic acid groups (broad SMARTS) is 1. The second-order valence-electron chi connectivity index (χ2n) is 5.20. The Balaban J connectivity index is 2.13. The van der Waals surface area contributed by atoms with Crippen molar-refractivity contribution in [2.45, 2.75) is 38.6 Å². The summed E-state index contributed by atoms with van der Waals surface area (Å²) in [4.78, 5) is 25.3. The lowest BCUT2D eigenvalue weighted by molar-refractivity contribution is -0.153. The van der Waals surface area contributed by atoms with Crippen LogP contribution in [0.15, 0.2) is 0 Å². The molecule has 0 bridgehead atoms. The third kappa shape index (κ3) is 2.44. The molecule has 0 aromatic heterocycles. The normalized spacial score (nSPS) is 28.1. The minimum absolute atomic E-state index is 0.0581. The van der Waals surface area contributed by atoms with E-state index in [1.807, 2.05) is 6.92 Å². The molecule has 17 heavy (non-hydrogen) atoms. The molecule has 1 unspecified atom stereocenters. The van der Waals surface area contributed by atoms with Gasteiger partial charge in [-0.2, -0.15) is 11.8 Å². The lowest BCUT2D eigenvalue weighted by Gasteiger charge is -2.37. The highest BCUT2D eigenvalue weighted by atomic mass is 32.2. The molecule has 1 atom stereocenters. The van der Waals surface area contributed by atoms with E-state index >= 15 is 0 Å². The molecule has 1 amide bonds. The van der Waals surface area contributed by atoms with Crippen LogP contribution in [0.5, 0.6) is 0 Å². The topological polar surface area (TPSA) is 57.6 Å². The first-order chi connectivity index (χ1) is 8.04. The lowest BCUT2D eigenvalue weighted by Crippen LogP contribution is -2.54. The largest absolute Gasteiger partial charge is 0.480 e. The molecule has 0 radical (unpaired) electrons. The van der Waals surface area contributed by atoms with Crippen LogP contribution in [0.4, 0.5) is 0 Å². The molecule has 4 nitrogen and oxygen atoms in total. The summed E-state index contributed by atoms with van der Waals surface area (Å²) in [6, 6.07) is -0.626. The summed E-state index contributed by atoms with van der Waals surface area (Å²) in [6.45, 7) is 2.57. The Morgan fingerprint density at radius 3 is 2.59 bits per heavy atom. The molecule has 0 aromatic rings. The quantitative estimate of drug-likeness (QED) is 0.816. The summed E-state index contributed by atoms with van der Waals surface area (Å²) in [6.07, 6.45) is 3.98. The predicted octanol–water partition coefficient (Wildman–Crippen LogP) is 1.60. The van der Waals surface area contributed by atoms with E-state index in [1.54, 1.807) is 16.7 Å². The second kappa shape index (κ2) is 4.88. The summed E-state index contributed by atoms with van der Waals surface area (Å²) >= 11 is 1.62. The van der Waals surface area contributed by atoms with Gasteiger partial charge in [0.1, 0.15) is 6.04 Å². The van der Waals surface area contributed by atoms with Gasteiger partial charge in [-0.3, -0.25) is 4.79 Å². The van der Waals surface area contributed by atoms with Crippen LogP contribution in [0.25, 0.3) is 0 Å². The van der Waals surface area contributed by atoms with Crippen LogP contribution in [0.1, 0.15) is 32.6 Å². The fraction of sp³-hybridized carbons (Fsp3) is 0.833. The van der Waals surface area contributed by atoms with Crippen LogP contribution in [0.2, 0.25) is 0 Å². The SMILES string of the molecule is CC1(C(=O)N2CCSCC2C(=O)O)CCCC1. The van der Waals surface area contributed by atoms with E-state index in [0.717, 1.165) is 31.4 Å². The van der Waals surface area contributed by atoms with Crippen molar-refractivity contribution in [1.29, 1.82) is 0 Å². The number of hydrogen-bond acceptors (Lipinski definition) is 3. The predicted molar refractivity (Wildman–Crippen MR) is 67.0 cm³/mol. The van der Waals surface area contributed by atoms with Gasteiger partial charge in [0.25, 0.3) is 0 Å². The maximum Gasteiger partial charge on any atom is 0.327 e. The van der Waals surface area contributed by atoms with Gasteiger partial charge >= 0.3 is 5.97 Å². The van der Waals surface area contributed by atoms with Crippen LogP contribution in [0.3, 0.4) is 0 Å². The van der Waals surface area contributed by atoms with E-state index < -0.39 is 12.0 Å². The van der Waals surface area contributed by atoms with Crippen molar-refractivity contribution < 1.29 is 14.7 Å². The fourth-order valence-corrected chi connectivity index (χ4v) is 3.81. The standard InChI is InChI=1S/C12H19NO3S/c1-12(4-2-3-5-12)11(16)13-6-7-17-8-9(13)10(14)15/h9H,2-8H2,1H3,(H,14,15). The summed E-state index contributed by atoms with van der Waals surface area (Å²) in [5, 5.41) is 9.18. The Morgan fingerprint density at radius 1 is 1.35 bits per heavy atom. The minimum Gasteiger partial charge on any atom is -0.480 e. The van der Waals surface area contributed by atoms with Crippen LogP contribution >= 0.6 is 11.8 Å². The van der Waals surface area contributed by atoms with Crippen LogP contribution < -0.4 is 0 Å². The van der Waals surface area contributed by atoms with E-state index in [9.17, 15) is 14.7 Å². The zero-order chi connectivity index (χ0) is 12.5. The van der Waals surface area contributed by atoms with Crippen molar-refractivity contribution in [3.8, 4) is 0 Å². The van der Waals surface area contributed by atoms with Crippen molar-refractivity contribution in [2.75, 3.05) is 18.1 Å². The average molecular weight is 257 g/mol. The molecule has 5 heteroatoms. The third-order valence-electron chi connectivity index (χ3n) is 3.90. The van der Waals surface area contributed by atoms with Gasteiger partial charge in [-0.25, -0.2) is 4.79 Å². The average Bonchev–Trinajstić information content (AvgIpc) is 2.76. The molecule has 1 heterocycles. The lowest BCUT2D eigenvalue weighted by atomic mass is 9.86. The number of amides is 1. The maximum atomic E-state index is 12.5. The van der Waals surface area contributed by atoms with Gasteiger partial charge in [0, 0.05) is 23.5 Å². The van der Waals surface area contributed by atoms with Crippen LogP contribution in [0, 0.1) is 5.41 Å². The number of thioether (sulfide) groups is 1. The minimum atomic E-state index is -0.868. The number of carbonyl (C=O) groups excluding carboxylic acids is 1. The van der Waals surface area contributed by atoms with E-state index in [2.05, 4.69) is 0 Å².